The SMILES string of the molecule is COc1cc(C)cc(-c2cc(C)c3c(n2)[C@@H](C)N(c2cnn(CC(F)(F)F)c2)C3=O)c1. The van der Waals surface area contributed by atoms with Crippen molar-refractivity contribution in [2.75, 3.05) is 12.0 Å². The zero-order chi connectivity index (χ0) is 22.5. The molecule has 31 heavy (non-hydrogen) atoms. The summed E-state index contributed by atoms with van der Waals surface area (Å²) in [6, 6.07) is 7.17. The van der Waals surface area contributed by atoms with Crippen LogP contribution in [0.25, 0.3) is 11.3 Å². The summed E-state index contributed by atoms with van der Waals surface area (Å²) in [5, 5.41) is 3.76. The molecule has 1 aromatic carbocycles. The molecule has 1 amide bonds. The smallest absolute Gasteiger partial charge is 0.408 e. The molecule has 0 radical (unpaired) electrons. The van der Waals surface area contributed by atoms with Crippen LogP contribution < -0.4 is 9.64 Å². The zero-order valence-electron chi connectivity index (χ0n) is 17.5. The lowest BCUT2D eigenvalue weighted by molar-refractivity contribution is -0.142. The quantitative estimate of drug-likeness (QED) is 0.594. The van der Waals surface area contributed by atoms with Gasteiger partial charge in [-0.15, -0.1) is 0 Å². The van der Waals surface area contributed by atoms with Crippen LogP contribution >= 0.6 is 0 Å². The van der Waals surface area contributed by atoms with E-state index in [1.165, 1.54) is 17.3 Å². The molecule has 2 aromatic heterocycles. The van der Waals surface area contributed by atoms with E-state index in [0.29, 0.717) is 28.4 Å². The Balaban J connectivity index is 1.73. The molecule has 0 saturated heterocycles. The summed E-state index contributed by atoms with van der Waals surface area (Å²) in [6.45, 7) is 4.38. The molecule has 162 valence electrons. The minimum absolute atomic E-state index is 0.299. The van der Waals surface area contributed by atoms with Gasteiger partial charge in [-0.05, 0) is 56.2 Å². The van der Waals surface area contributed by atoms with E-state index in [9.17, 15) is 18.0 Å². The largest absolute Gasteiger partial charge is 0.497 e. The number of ether oxygens (including phenoxy) is 1. The topological polar surface area (TPSA) is 60.2 Å². The average molecular weight is 430 g/mol. The number of carbonyl (C=O) groups is 1. The lowest BCUT2D eigenvalue weighted by Gasteiger charge is -2.19. The first-order valence-electron chi connectivity index (χ1n) is 9.68. The van der Waals surface area contributed by atoms with Gasteiger partial charge in [-0.2, -0.15) is 18.3 Å². The molecular formula is C22H21F3N4O2. The first kappa shape index (κ1) is 20.9. The van der Waals surface area contributed by atoms with E-state index in [4.69, 9.17) is 9.72 Å². The number of nitrogens with zero attached hydrogens (tertiary/aromatic N) is 4. The second-order valence-electron chi connectivity index (χ2n) is 7.69. The van der Waals surface area contributed by atoms with E-state index in [0.717, 1.165) is 21.4 Å². The molecule has 9 heteroatoms. The van der Waals surface area contributed by atoms with Gasteiger partial charge < -0.3 is 4.74 Å². The number of benzene rings is 1. The highest BCUT2D eigenvalue weighted by Crippen LogP contribution is 2.39. The van der Waals surface area contributed by atoms with Crippen LogP contribution in [-0.2, 0) is 6.54 Å². The monoisotopic (exact) mass is 430 g/mol. The maximum Gasteiger partial charge on any atom is 0.408 e. The number of aromatic nitrogens is 3. The van der Waals surface area contributed by atoms with Gasteiger partial charge in [0.05, 0.1) is 42.0 Å². The Labute approximate surface area is 177 Å². The fraction of sp³-hybridized carbons (Fsp3) is 0.318. The van der Waals surface area contributed by atoms with Crippen molar-refractivity contribution in [3.05, 3.63) is 59.0 Å². The Morgan fingerprint density at radius 3 is 2.58 bits per heavy atom. The summed E-state index contributed by atoms with van der Waals surface area (Å²) in [5.74, 6) is 0.408. The van der Waals surface area contributed by atoms with Gasteiger partial charge >= 0.3 is 6.18 Å². The van der Waals surface area contributed by atoms with Crippen molar-refractivity contribution in [3.8, 4) is 17.0 Å². The highest BCUT2D eigenvalue weighted by atomic mass is 19.4. The van der Waals surface area contributed by atoms with Crippen LogP contribution in [0.15, 0.2) is 36.7 Å². The van der Waals surface area contributed by atoms with Crippen molar-refractivity contribution in [1.29, 1.82) is 0 Å². The number of fused-ring (bicyclic) bond motifs is 1. The van der Waals surface area contributed by atoms with Crippen LogP contribution in [0.5, 0.6) is 5.75 Å². The minimum atomic E-state index is -4.39. The van der Waals surface area contributed by atoms with Crippen LogP contribution in [0, 0.1) is 13.8 Å². The molecule has 1 atom stereocenters. The number of anilines is 1. The highest BCUT2D eigenvalue weighted by Gasteiger charge is 2.39. The molecule has 3 aromatic rings. The summed E-state index contributed by atoms with van der Waals surface area (Å²) in [7, 11) is 1.59. The Morgan fingerprint density at radius 2 is 1.90 bits per heavy atom. The summed E-state index contributed by atoms with van der Waals surface area (Å²) in [6.07, 6.45) is -1.89. The summed E-state index contributed by atoms with van der Waals surface area (Å²) < 4.78 is 44.2. The van der Waals surface area contributed by atoms with Crippen molar-refractivity contribution in [1.82, 2.24) is 14.8 Å². The molecule has 3 heterocycles. The third-order valence-corrected chi connectivity index (χ3v) is 5.28. The molecule has 0 aliphatic carbocycles. The number of pyridine rings is 1. The number of hydrogen-bond donors (Lipinski definition) is 0. The summed E-state index contributed by atoms with van der Waals surface area (Å²) >= 11 is 0. The van der Waals surface area contributed by atoms with Gasteiger partial charge in [0.15, 0.2) is 0 Å². The molecular weight excluding hydrogens is 409 g/mol. The van der Waals surface area contributed by atoms with Gasteiger partial charge in [0, 0.05) is 11.8 Å². The van der Waals surface area contributed by atoms with E-state index in [-0.39, 0.29) is 5.91 Å². The van der Waals surface area contributed by atoms with Crippen molar-refractivity contribution >= 4 is 11.6 Å². The normalized spacial score (nSPS) is 16.0. The van der Waals surface area contributed by atoms with Gasteiger partial charge in [-0.25, -0.2) is 4.98 Å². The maximum atomic E-state index is 13.1. The fourth-order valence-electron chi connectivity index (χ4n) is 3.95. The first-order chi connectivity index (χ1) is 14.6. The number of carbonyl (C=O) groups excluding carboxylic acids is 1. The van der Waals surface area contributed by atoms with E-state index in [1.54, 1.807) is 14.0 Å². The highest BCUT2D eigenvalue weighted by molar-refractivity contribution is 6.11. The number of hydrogen-bond acceptors (Lipinski definition) is 4. The average Bonchev–Trinajstić information content (AvgIpc) is 3.22. The van der Waals surface area contributed by atoms with Crippen molar-refractivity contribution < 1.29 is 22.7 Å². The summed E-state index contributed by atoms with van der Waals surface area (Å²) in [4.78, 5) is 19.3. The Morgan fingerprint density at radius 1 is 1.16 bits per heavy atom. The predicted octanol–water partition coefficient (Wildman–Crippen LogP) is 4.85. The van der Waals surface area contributed by atoms with Gasteiger partial charge in [0.25, 0.3) is 5.91 Å². The van der Waals surface area contributed by atoms with Gasteiger partial charge in [-0.1, -0.05) is 0 Å². The molecule has 0 saturated carbocycles. The minimum Gasteiger partial charge on any atom is -0.497 e. The lowest BCUT2D eigenvalue weighted by Crippen LogP contribution is -2.26. The van der Waals surface area contributed by atoms with Crippen LogP contribution in [0.2, 0.25) is 0 Å². The number of amides is 1. The second kappa shape index (κ2) is 7.40. The van der Waals surface area contributed by atoms with E-state index < -0.39 is 18.8 Å². The van der Waals surface area contributed by atoms with Gasteiger partial charge in [0.2, 0.25) is 0 Å². The number of halogens is 3. The number of aryl methyl sites for hydroxylation is 2. The van der Waals surface area contributed by atoms with Crippen LogP contribution in [0.3, 0.4) is 0 Å². The van der Waals surface area contributed by atoms with Crippen molar-refractivity contribution in [3.63, 3.8) is 0 Å². The maximum absolute atomic E-state index is 13.1. The zero-order valence-corrected chi connectivity index (χ0v) is 17.5. The Kier molecular flexibility index (Phi) is 4.99. The molecule has 1 aliphatic rings. The van der Waals surface area contributed by atoms with Crippen LogP contribution in [0.1, 0.15) is 40.1 Å². The van der Waals surface area contributed by atoms with E-state index in [1.807, 2.05) is 38.1 Å². The molecule has 1 aliphatic heterocycles. The molecule has 0 N–H and O–H groups in total. The van der Waals surface area contributed by atoms with Gasteiger partial charge in [0.1, 0.15) is 12.3 Å². The number of rotatable bonds is 4. The molecule has 0 spiro atoms. The molecule has 6 nitrogen and oxygen atoms in total. The van der Waals surface area contributed by atoms with E-state index in [2.05, 4.69) is 5.10 Å². The standard InChI is InChI=1S/C22H21F3N4O2/c1-12-5-15(8-17(6-12)31-4)18-7-13(2)19-20(27-18)14(3)29(21(19)30)16-9-26-28(10-16)11-22(23,24)25/h5-10,14H,11H2,1-4H3/t14-/m1/s1. The predicted molar refractivity (Wildman–Crippen MR) is 109 cm³/mol. The Bertz CT molecular complexity index is 1170. The lowest BCUT2D eigenvalue weighted by atomic mass is 10.0. The van der Waals surface area contributed by atoms with Crippen LogP contribution in [-0.4, -0.2) is 34.0 Å². The third kappa shape index (κ3) is 3.87. The molecule has 0 unspecified atom stereocenters. The number of alkyl halides is 3. The van der Waals surface area contributed by atoms with E-state index >= 15 is 0 Å². The van der Waals surface area contributed by atoms with Crippen molar-refractivity contribution in [2.24, 2.45) is 0 Å². The second-order valence-corrected chi connectivity index (χ2v) is 7.69. The fourth-order valence-corrected chi connectivity index (χ4v) is 3.95. The molecule has 0 bridgehead atoms. The van der Waals surface area contributed by atoms with Gasteiger partial charge in [-0.3, -0.25) is 14.4 Å². The number of methoxy groups -OCH3 is 1. The van der Waals surface area contributed by atoms with Crippen LogP contribution in [0.4, 0.5) is 18.9 Å². The molecule has 0 fully saturated rings. The first-order valence-corrected chi connectivity index (χ1v) is 9.68. The summed E-state index contributed by atoms with van der Waals surface area (Å²) in [5.41, 5.74) is 4.69. The molecule has 4 rings (SSSR count). The Hall–Kier alpha value is -3.36. The van der Waals surface area contributed by atoms with Crippen molar-refractivity contribution in [2.45, 2.75) is 39.5 Å². The third-order valence-electron chi connectivity index (χ3n) is 5.28.